The highest BCUT2D eigenvalue weighted by Crippen LogP contribution is 2.21. The molecule has 0 atom stereocenters. The summed E-state index contributed by atoms with van der Waals surface area (Å²) in [6.07, 6.45) is 1.74. The second-order valence-electron chi connectivity index (χ2n) is 4.92. The Labute approximate surface area is 123 Å². The predicted octanol–water partition coefficient (Wildman–Crippen LogP) is 3.59. The first kappa shape index (κ1) is 13.0. The number of para-hydroxylation sites is 1. The van der Waals surface area contributed by atoms with E-state index in [-0.39, 0.29) is 0 Å². The molecule has 2 aromatic carbocycles. The molecule has 0 saturated heterocycles. The Balaban J connectivity index is 1.88. The molecule has 3 nitrogen and oxygen atoms in total. The number of anilines is 1. The Morgan fingerprint density at radius 3 is 2.75 bits per heavy atom. The molecule has 1 aromatic heterocycles. The standard InChI is InChI=1S/C16H16ClN3/c1-20-15-10-12(17)7-8-14(15)19-16(20)9-6-11-4-2-3-5-13(11)18/h2-5,7-8,10H,6,9,18H2,1H3. The van der Waals surface area contributed by atoms with Gasteiger partial charge in [-0.1, -0.05) is 29.8 Å². The topological polar surface area (TPSA) is 43.8 Å². The first-order chi connectivity index (χ1) is 9.65. The van der Waals surface area contributed by atoms with Gasteiger partial charge in [0.2, 0.25) is 0 Å². The average Bonchev–Trinajstić information content (AvgIpc) is 2.75. The zero-order valence-electron chi connectivity index (χ0n) is 11.3. The van der Waals surface area contributed by atoms with Crippen LogP contribution >= 0.6 is 11.6 Å². The Kier molecular flexibility index (Phi) is 3.36. The zero-order valence-corrected chi connectivity index (χ0v) is 12.1. The zero-order chi connectivity index (χ0) is 14.1. The molecule has 4 heteroatoms. The molecule has 3 rings (SSSR count). The fourth-order valence-electron chi connectivity index (χ4n) is 2.44. The van der Waals surface area contributed by atoms with Gasteiger partial charge in [-0.25, -0.2) is 4.98 Å². The van der Waals surface area contributed by atoms with Crippen molar-refractivity contribution in [2.24, 2.45) is 7.05 Å². The molecule has 0 radical (unpaired) electrons. The second-order valence-corrected chi connectivity index (χ2v) is 5.36. The summed E-state index contributed by atoms with van der Waals surface area (Å²) in [5.41, 5.74) is 10.0. The third-order valence-electron chi connectivity index (χ3n) is 3.61. The van der Waals surface area contributed by atoms with E-state index in [0.717, 1.165) is 46.0 Å². The molecule has 0 unspecified atom stereocenters. The van der Waals surface area contributed by atoms with Crippen molar-refractivity contribution in [3.05, 3.63) is 58.9 Å². The lowest BCUT2D eigenvalue weighted by Gasteiger charge is -2.05. The molecule has 0 fully saturated rings. The summed E-state index contributed by atoms with van der Waals surface area (Å²) < 4.78 is 2.10. The summed E-state index contributed by atoms with van der Waals surface area (Å²) in [6.45, 7) is 0. The minimum Gasteiger partial charge on any atom is -0.399 e. The van der Waals surface area contributed by atoms with Gasteiger partial charge in [0, 0.05) is 24.2 Å². The quantitative estimate of drug-likeness (QED) is 0.747. The van der Waals surface area contributed by atoms with E-state index < -0.39 is 0 Å². The second kappa shape index (κ2) is 5.17. The van der Waals surface area contributed by atoms with Gasteiger partial charge in [0.1, 0.15) is 5.82 Å². The van der Waals surface area contributed by atoms with Crippen molar-refractivity contribution in [3.63, 3.8) is 0 Å². The van der Waals surface area contributed by atoms with Crippen LogP contribution in [0.15, 0.2) is 42.5 Å². The molecule has 2 N–H and O–H groups in total. The van der Waals surface area contributed by atoms with E-state index in [9.17, 15) is 0 Å². The maximum atomic E-state index is 6.04. The highest BCUT2D eigenvalue weighted by atomic mass is 35.5. The van der Waals surface area contributed by atoms with E-state index in [2.05, 4.69) is 15.6 Å². The van der Waals surface area contributed by atoms with Crippen LogP contribution in [0.2, 0.25) is 5.02 Å². The maximum absolute atomic E-state index is 6.04. The lowest BCUT2D eigenvalue weighted by molar-refractivity contribution is 0.787. The van der Waals surface area contributed by atoms with Crippen molar-refractivity contribution in [2.45, 2.75) is 12.8 Å². The van der Waals surface area contributed by atoms with Gasteiger partial charge in [-0.3, -0.25) is 0 Å². The van der Waals surface area contributed by atoms with Crippen LogP contribution in [0, 0.1) is 0 Å². The van der Waals surface area contributed by atoms with E-state index in [0.29, 0.717) is 0 Å². The summed E-state index contributed by atoms with van der Waals surface area (Å²) in [6, 6.07) is 13.7. The molecule has 1 heterocycles. The van der Waals surface area contributed by atoms with Gasteiger partial charge in [-0.15, -0.1) is 0 Å². The Morgan fingerprint density at radius 2 is 1.95 bits per heavy atom. The Hall–Kier alpha value is -2.00. The van der Waals surface area contributed by atoms with Crippen LogP contribution in [0.4, 0.5) is 5.69 Å². The molecule has 3 aromatic rings. The van der Waals surface area contributed by atoms with E-state index in [1.165, 1.54) is 0 Å². The number of halogens is 1. The van der Waals surface area contributed by atoms with Crippen LogP contribution in [-0.4, -0.2) is 9.55 Å². The molecule has 20 heavy (non-hydrogen) atoms. The number of benzene rings is 2. The van der Waals surface area contributed by atoms with Crippen LogP contribution in [0.25, 0.3) is 11.0 Å². The van der Waals surface area contributed by atoms with Crippen LogP contribution < -0.4 is 5.73 Å². The SMILES string of the molecule is Cn1c(CCc2ccccc2N)nc2ccc(Cl)cc21. The van der Waals surface area contributed by atoms with Crippen molar-refractivity contribution >= 4 is 28.3 Å². The summed E-state index contributed by atoms with van der Waals surface area (Å²) in [5.74, 6) is 1.05. The monoisotopic (exact) mass is 285 g/mol. The number of nitrogens with two attached hydrogens (primary N) is 1. The molecule has 0 aliphatic heterocycles. The van der Waals surface area contributed by atoms with E-state index >= 15 is 0 Å². The molecule has 0 bridgehead atoms. The molecule has 0 aliphatic carbocycles. The van der Waals surface area contributed by atoms with Crippen LogP contribution in [0.1, 0.15) is 11.4 Å². The first-order valence-corrected chi connectivity index (χ1v) is 6.97. The van der Waals surface area contributed by atoms with Gasteiger partial charge < -0.3 is 10.3 Å². The smallest absolute Gasteiger partial charge is 0.109 e. The van der Waals surface area contributed by atoms with E-state index in [1.807, 2.05) is 43.4 Å². The fourth-order valence-corrected chi connectivity index (χ4v) is 2.61. The maximum Gasteiger partial charge on any atom is 0.109 e. The number of fused-ring (bicyclic) bond motifs is 1. The van der Waals surface area contributed by atoms with Gasteiger partial charge in [-0.05, 0) is 36.2 Å². The first-order valence-electron chi connectivity index (χ1n) is 6.59. The minimum atomic E-state index is 0.736. The van der Waals surface area contributed by atoms with E-state index in [1.54, 1.807) is 0 Å². The van der Waals surface area contributed by atoms with Crippen LogP contribution in [-0.2, 0) is 19.9 Å². The summed E-state index contributed by atoms with van der Waals surface area (Å²) >= 11 is 6.04. The highest BCUT2D eigenvalue weighted by Gasteiger charge is 2.09. The predicted molar refractivity (Wildman–Crippen MR) is 84.0 cm³/mol. The normalized spacial score (nSPS) is 11.1. The van der Waals surface area contributed by atoms with Crippen molar-refractivity contribution in [1.82, 2.24) is 9.55 Å². The lowest BCUT2D eigenvalue weighted by Crippen LogP contribution is -2.02. The number of nitrogens with zero attached hydrogens (tertiary/aromatic N) is 2. The van der Waals surface area contributed by atoms with Gasteiger partial charge in [0.05, 0.1) is 11.0 Å². The fraction of sp³-hybridized carbons (Fsp3) is 0.188. The number of rotatable bonds is 3. The molecule has 102 valence electrons. The van der Waals surface area contributed by atoms with E-state index in [4.69, 9.17) is 17.3 Å². The Bertz CT molecular complexity index is 762. The van der Waals surface area contributed by atoms with Crippen molar-refractivity contribution in [3.8, 4) is 0 Å². The molecular weight excluding hydrogens is 270 g/mol. The summed E-state index contributed by atoms with van der Waals surface area (Å²) in [5, 5.41) is 0.736. The molecule has 0 amide bonds. The van der Waals surface area contributed by atoms with Gasteiger partial charge >= 0.3 is 0 Å². The number of aromatic nitrogens is 2. The lowest BCUT2D eigenvalue weighted by atomic mass is 10.1. The highest BCUT2D eigenvalue weighted by molar-refractivity contribution is 6.31. The van der Waals surface area contributed by atoms with Crippen molar-refractivity contribution in [2.75, 3.05) is 5.73 Å². The number of imidazole rings is 1. The number of aryl methyl sites for hydroxylation is 3. The van der Waals surface area contributed by atoms with Gasteiger partial charge in [0.25, 0.3) is 0 Å². The molecule has 0 aliphatic rings. The van der Waals surface area contributed by atoms with Crippen molar-refractivity contribution in [1.29, 1.82) is 0 Å². The molecule has 0 saturated carbocycles. The Morgan fingerprint density at radius 1 is 1.15 bits per heavy atom. The number of hydrogen-bond donors (Lipinski definition) is 1. The average molecular weight is 286 g/mol. The van der Waals surface area contributed by atoms with Crippen LogP contribution in [0.3, 0.4) is 0 Å². The largest absolute Gasteiger partial charge is 0.399 e. The molecule has 0 spiro atoms. The van der Waals surface area contributed by atoms with Gasteiger partial charge in [-0.2, -0.15) is 0 Å². The summed E-state index contributed by atoms with van der Waals surface area (Å²) in [4.78, 5) is 4.66. The molecular formula is C16H16ClN3. The third-order valence-corrected chi connectivity index (χ3v) is 3.84. The number of hydrogen-bond acceptors (Lipinski definition) is 2. The van der Waals surface area contributed by atoms with Crippen molar-refractivity contribution < 1.29 is 0 Å². The number of nitrogen functional groups attached to an aromatic ring is 1. The van der Waals surface area contributed by atoms with Crippen LogP contribution in [0.5, 0.6) is 0 Å². The third kappa shape index (κ3) is 2.37. The minimum absolute atomic E-state index is 0.736. The van der Waals surface area contributed by atoms with Gasteiger partial charge in [0.15, 0.2) is 0 Å². The summed E-state index contributed by atoms with van der Waals surface area (Å²) in [7, 11) is 2.02.